The first-order valence-electron chi connectivity index (χ1n) is 5.08. The van der Waals surface area contributed by atoms with Crippen LogP contribution in [0.3, 0.4) is 0 Å². The van der Waals surface area contributed by atoms with Crippen LogP contribution in [0.2, 0.25) is 0 Å². The summed E-state index contributed by atoms with van der Waals surface area (Å²) in [5.74, 6) is 0.0778. The lowest BCUT2D eigenvalue weighted by molar-refractivity contribution is 0.622. The lowest BCUT2D eigenvalue weighted by atomic mass is 10.1. The number of aromatic amines is 1. The summed E-state index contributed by atoms with van der Waals surface area (Å²) in [4.78, 5) is 3.82. The second-order valence-electron chi connectivity index (χ2n) is 3.76. The van der Waals surface area contributed by atoms with Crippen LogP contribution in [-0.4, -0.2) is 15.2 Å². The van der Waals surface area contributed by atoms with E-state index in [1.54, 1.807) is 6.20 Å². The van der Waals surface area contributed by atoms with Crippen LogP contribution in [0.25, 0.3) is 22.0 Å². The summed E-state index contributed by atoms with van der Waals surface area (Å²) in [7, 11) is 0. The molecule has 3 rings (SSSR count). The predicted octanol–water partition coefficient (Wildman–Crippen LogP) is 2.35. The molecule has 0 aliphatic heterocycles. The molecule has 1 aromatic carbocycles. The molecular formula is C12H9FN4. The molecule has 5 heteroatoms. The first-order chi connectivity index (χ1) is 8.24. The van der Waals surface area contributed by atoms with Gasteiger partial charge in [-0.25, -0.2) is 4.39 Å². The number of hydrogen-bond donors (Lipinski definition) is 2. The summed E-state index contributed by atoms with van der Waals surface area (Å²) in [5, 5.41) is 7.55. The zero-order valence-corrected chi connectivity index (χ0v) is 8.81. The van der Waals surface area contributed by atoms with Crippen molar-refractivity contribution in [1.82, 2.24) is 15.2 Å². The normalized spacial score (nSPS) is 10.9. The van der Waals surface area contributed by atoms with Crippen LogP contribution in [0.1, 0.15) is 0 Å². The van der Waals surface area contributed by atoms with E-state index in [0.717, 1.165) is 16.5 Å². The second-order valence-corrected chi connectivity index (χ2v) is 3.76. The van der Waals surface area contributed by atoms with Crippen molar-refractivity contribution in [3.63, 3.8) is 0 Å². The van der Waals surface area contributed by atoms with Crippen molar-refractivity contribution in [2.75, 3.05) is 5.73 Å². The van der Waals surface area contributed by atoms with Crippen LogP contribution < -0.4 is 5.73 Å². The van der Waals surface area contributed by atoms with Crippen LogP contribution >= 0.6 is 0 Å². The Kier molecular flexibility index (Phi) is 2.04. The summed E-state index contributed by atoms with van der Waals surface area (Å²) >= 11 is 0. The van der Waals surface area contributed by atoms with E-state index in [9.17, 15) is 4.39 Å². The number of nitrogen functional groups attached to an aromatic ring is 1. The third-order valence-corrected chi connectivity index (χ3v) is 2.63. The van der Waals surface area contributed by atoms with Gasteiger partial charge in [-0.3, -0.25) is 10.1 Å². The number of fused-ring (bicyclic) bond motifs is 1. The van der Waals surface area contributed by atoms with Crippen LogP contribution in [0, 0.1) is 5.82 Å². The summed E-state index contributed by atoms with van der Waals surface area (Å²) in [6.45, 7) is 0. The molecule has 0 aliphatic carbocycles. The molecule has 3 aromatic rings. The molecule has 0 amide bonds. The summed E-state index contributed by atoms with van der Waals surface area (Å²) in [5.41, 5.74) is 8.15. The van der Waals surface area contributed by atoms with Crippen LogP contribution in [0.15, 0.2) is 36.7 Å². The maximum atomic E-state index is 13.1. The fourth-order valence-corrected chi connectivity index (χ4v) is 1.78. The molecule has 0 saturated heterocycles. The Hall–Kier alpha value is -2.43. The van der Waals surface area contributed by atoms with E-state index in [0.29, 0.717) is 11.4 Å². The number of nitrogens with two attached hydrogens (primary N) is 1. The fraction of sp³-hybridized carbons (Fsp3) is 0. The van der Waals surface area contributed by atoms with E-state index in [1.807, 2.05) is 18.2 Å². The third kappa shape index (κ3) is 1.61. The zero-order chi connectivity index (χ0) is 11.8. The maximum Gasteiger partial charge on any atom is 0.153 e. The molecular weight excluding hydrogens is 219 g/mol. The molecule has 0 saturated carbocycles. The molecule has 0 unspecified atom stereocenters. The quantitative estimate of drug-likeness (QED) is 0.671. The smallest absolute Gasteiger partial charge is 0.153 e. The fourth-order valence-electron chi connectivity index (χ4n) is 1.78. The van der Waals surface area contributed by atoms with Crippen molar-refractivity contribution >= 4 is 16.7 Å². The number of benzene rings is 1. The third-order valence-electron chi connectivity index (χ3n) is 2.63. The first kappa shape index (κ1) is 9.77. The molecule has 0 aliphatic rings. The highest BCUT2D eigenvalue weighted by molar-refractivity contribution is 5.92. The largest absolute Gasteiger partial charge is 0.382 e. The van der Waals surface area contributed by atoms with Crippen molar-refractivity contribution in [1.29, 1.82) is 0 Å². The molecule has 84 valence electrons. The van der Waals surface area contributed by atoms with Gasteiger partial charge in [-0.1, -0.05) is 6.07 Å². The van der Waals surface area contributed by atoms with Gasteiger partial charge < -0.3 is 5.73 Å². The topological polar surface area (TPSA) is 67.6 Å². The highest BCUT2D eigenvalue weighted by Gasteiger charge is 2.05. The summed E-state index contributed by atoms with van der Waals surface area (Å²) in [6, 6.07) is 7.03. The molecule has 0 bridgehead atoms. The van der Waals surface area contributed by atoms with Gasteiger partial charge in [0.1, 0.15) is 5.82 Å². The van der Waals surface area contributed by atoms with Crippen molar-refractivity contribution in [3.8, 4) is 11.1 Å². The van der Waals surface area contributed by atoms with Crippen molar-refractivity contribution in [2.45, 2.75) is 0 Å². The highest BCUT2D eigenvalue weighted by Crippen LogP contribution is 2.25. The van der Waals surface area contributed by atoms with Crippen LogP contribution in [-0.2, 0) is 0 Å². The molecule has 4 nitrogen and oxygen atoms in total. The number of halogens is 1. The van der Waals surface area contributed by atoms with Gasteiger partial charge in [0, 0.05) is 17.1 Å². The number of nitrogens with zero attached hydrogens (tertiary/aromatic N) is 2. The minimum absolute atomic E-state index is 0.359. The average molecular weight is 228 g/mol. The van der Waals surface area contributed by atoms with E-state index in [2.05, 4.69) is 15.2 Å². The van der Waals surface area contributed by atoms with Crippen LogP contribution in [0.4, 0.5) is 10.2 Å². The molecule has 2 heterocycles. The average Bonchev–Trinajstić information content (AvgIpc) is 2.71. The summed E-state index contributed by atoms with van der Waals surface area (Å²) < 4.78 is 13.1. The second kappa shape index (κ2) is 3.55. The van der Waals surface area contributed by atoms with Gasteiger partial charge >= 0.3 is 0 Å². The number of H-pyrrole nitrogens is 1. The van der Waals surface area contributed by atoms with Gasteiger partial charge in [-0.15, -0.1) is 0 Å². The molecule has 3 N–H and O–H groups in total. The van der Waals surface area contributed by atoms with E-state index < -0.39 is 0 Å². The monoisotopic (exact) mass is 228 g/mol. The number of anilines is 1. The Bertz CT molecular complexity index is 690. The maximum absolute atomic E-state index is 13.1. The standard InChI is InChI=1S/C12H9FN4/c13-9-3-8(5-15-6-9)7-1-2-11-10(4-7)12(14)17-16-11/h1-6H,(H3,14,16,17). The minimum Gasteiger partial charge on any atom is -0.382 e. The predicted molar refractivity (Wildman–Crippen MR) is 63.7 cm³/mol. The van der Waals surface area contributed by atoms with E-state index in [1.165, 1.54) is 12.3 Å². The van der Waals surface area contributed by atoms with Gasteiger partial charge in [0.15, 0.2) is 5.82 Å². The molecule has 0 atom stereocenters. The number of nitrogens with one attached hydrogen (secondary N) is 1. The lowest BCUT2D eigenvalue weighted by Crippen LogP contribution is -1.85. The Morgan fingerprint density at radius 2 is 2.00 bits per heavy atom. The van der Waals surface area contributed by atoms with Gasteiger partial charge in [0.2, 0.25) is 0 Å². The Balaban J connectivity index is 2.20. The molecule has 0 radical (unpaired) electrons. The Morgan fingerprint density at radius 3 is 2.82 bits per heavy atom. The summed E-state index contributed by atoms with van der Waals surface area (Å²) in [6.07, 6.45) is 2.79. The Morgan fingerprint density at radius 1 is 1.12 bits per heavy atom. The number of aromatic nitrogens is 3. The van der Waals surface area contributed by atoms with Crippen molar-refractivity contribution in [2.24, 2.45) is 0 Å². The molecule has 0 fully saturated rings. The minimum atomic E-state index is -0.359. The molecule has 0 spiro atoms. The van der Waals surface area contributed by atoms with Crippen LogP contribution in [0.5, 0.6) is 0 Å². The Labute approximate surface area is 96.3 Å². The number of rotatable bonds is 1. The van der Waals surface area contributed by atoms with E-state index in [4.69, 9.17) is 5.73 Å². The van der Waals surface area contributed by atoms with Crippen molar-refractivity contribution in [3.05, 3.63) is 42.5 Å². The van der Waals surface area contributed by atoms with Crippen molar-refractivity contribution < 1.29 is 4.39 Å². The zero-order valence-electron chi connectivity index (χ0n) is 8.81. The van der Waals surface area contributed by atoms with E-state index >= 15 is 0 Å². The lowest BCUT2D eigenvalue weighted by Gasteiger charge is -2.01. The van der Waals surface area contributed by atoms with Gasteiger partial charge in [-0.05, 0) is 23.8 Å². The number of pyridine rings is 1. The number of hydrogen-bond acceptors (Lipinski definition) is 3. The molecule has 2 aromatic heterocycles. The van der Waals surface area contributed by atoms with Gasteiger partial charge in [0.05, 0.1) is 11.7 Å². The first-order valence-corrected chi connectivity index (χ1v) is 5.08. The highest BCUT2D eigenvalue weighted by atomic mass is 19.1. The van der Waals surface area contributed by atoms with Gasteiger partial charge in [0.25, 0.3) is 0 Å². The molecule has 17 heavy (non-hydrogen) atoms. The van der Waals surface area contributed by atoms with E-state index in [-0.39, 0.29) is 5.82 Å². The SMILES string of the molecule is Nc1n[nH]c2ccc(-c3cncc(F)c3)cc12. The van der Waals surface area contributed by atoms with Gasteiger partial charge in [-0.2, -0.15) is 5.10 Å².